The minimum absolute atomic E-state index is 0.345. The van der Waals surface area contributed by atoms with Gasteiger partial charge in [0.15, 0.2) is 0 Å². The molecule has 0 bridgehead atoms. The topological polar surface area (TPSA) is 97.2 Å². The molecule has 0 aromatic heterocycles. The van der Waals surface area contributed by atoms with E-state index in [4.69, 9.17) is 16.3 Å². The number of hydrogen-bond donors (Lipinski definition) is 2. The molecule has 158 valence electrons. The predicted molar refractivity (Wildman–Crippen MR) is 114 cm³/mol. The fourth-order valence-corrected chi connectivity index (χ4v) is 3.28. The fourth-order valence-electron chi connectivity index (χ4n) is 3.16. The molecule has 0 amide bonds. The highest BCUT2D eigenvalue weighted by molar-refractivity contribution is 6.30. The maximum atomic E-state index is 11.2. The number of carboxylic acids is 1. The number of carbonyl (C=O) groups is 1. The van der Waals surface area contributed by atoms with Crippen LogP contribution >= 0.6 is 11.6 Å². The molecule has 2 atom stereocenters. The molecule has 0 aliphatic heterocycles. The standard InChI is InChI=1S/C16H16O4.C8H10ClN/c1-20-16(14(17)15(18)19,12-8-4-2-5-9-12)13-10-6-3-7-11-13;1-6(10)7-2-4-8(9)5-3-7/h2-11,14,17H,1H3,(H,18,19);2-6H,10H2,1H3/t14-;6-/m10/s1. The third kappa shape index (κ3) is 5.46. The van der Waals surface area contributed by atoms with E-state index in [1.54, 1.807) is 60.7 Å². The van der Waals surface area contributed by atoms with Crippen LogP contribution in [0.25, 0.3) is 0 Å². The van der Waals surface area contributed by atoms with Gasteiger partial charge in [-0.3, -0.25) is 0 Å². The van der Waals surface area contributed by atoms with Crippen molar-refractivity contribution in [2.45, 2.75) is 24.7 Å². The second kappa shape index (κ2) is 10.9. The van der Waals surface area contributed by atoms with Gasteiger partial charge in [0.05, 0.1) is 5.97 Å². The third-order valence-electron chi connectivity index (χ3n) is 4.77. The Labute approximate surface area is 181 Å². The molecule has 0 saturated heterocycles. The van der Waals surface area contributed by atoms with Crippen molar-refractivity contribution in [1.82, 2.24) is 0 Å². The molecule has 3 rings (SSSR count). The van der Waals surface area contributed by atoms with Gasteiger partial charge in [-0.1, -0.05) is 84.4 Å². The van der Waals surface area contributed by atoms with E-state index >= 15 is 0 Å². The molecule has 3 aromatic rings. The van der Waals surface area contributed by atoms with E-state index in [1.807, 2.05) is 24.3 Å². The van der Waals surface area contributed by atoms with Crippen LogP contribution in [0.15, 0.2) is 84.9 Å². The van der Waals surface area contributed by atoms with E-state index in [2.05, 4.69) is 12.7 Å². The number of methoxy groups -OCH3 is 1. The van der Waals surface area contributed by atoms with Crippen molar-refractivity contribution in [3.05, 3.63) is 107 Å². The van der Waals surface area contributed by atoms with Crippen molar-refractivity contribution in [1.29, 1.82) is 0 Å². The van der Waals surface area contributed by atoms with Crippen molar-refractivity contribution in [2.75, 3.05) is 7.11 Å². The maximum absolute atomic E-state index is 11.2. The number of carbonyl (C=O) groups excluding carboxylic acids is 1. The second-order valence-electron chi connectivity index (χ2n) is 6.85. The van der Waals surface area contributed by atoms with Crippen LogP contribution in [0.2, 0.25) is 5.02 Å². The van der Waals surface area contributed by atoms with Gasteiger partial charge in [0, 0.05) is 17.7 Å². The molecule has 0 fully saturated rings. The Bertz CT molecular complexity index is 875. The van der Waals surface area contributed by atoms with E-state index < -0.39 is 17.7 Å². The lowest BCUT2D eigenvalue weighted by molar-refractivity contribution is -0.420. The van der Waals surface area contributed by atoms with Crippen LogP contribution in [0.4, 0.5) is 0 Å². The molecule has 4 N–H and O–H groups in total. The van der Waals surface area contributed by atoms with Crippen molar-refractivity contribution in [3.63, 3.8) is 0 Å². The summed E-state index contributed by atoms with van der Waals surface area (Å²) in [7, 11) is 1.37. The molecule has 0 aliphatic rings. The molecule has 0 unspecified atom stereocenters. The highest BCUT2D eigenvalue weighted by atomic mass is 35.5. The molecular formula is C24H26ClNO4. The van der Waals surface area contributed by atoms with Gasteiger partial charge >= 0.3 is 0 Å². The van der Waals surface area contributed by atoms with Crippen molar-refractivity contribution in [2.24, 2.45) is 0 Å². The Morgan fingerprint density at radius 1 is 0.967 bits per heavy atom. The van der Waals surface area contributed by atoms with Gasteiger partial charge in [0.1, 0.15) is 17.7 Å². The average molecular weight is 428 g/mol. The number of benzene rings is 3. The van der Waals surface area contributed by atoms with Gasteiger partial charge in [-0.05, 0) is 30.2 Å². The summed E-state index contributed by atoms with van der Waals surface area (Å²) in [5.74, 6) is -1.58. The predicted octanol–water partition coefficient (Wildman–Crippen LogP) is 2.33. The molecule has 30 heavy (non-hydrogen) atoms. The molecule has 0 heterocycles. The first-order valence-corrected chi connectivity index (χ1v) is 9.84. The number of carboxylic acid groups (broad SMARTS) is 1. The number of aliphatic carboxylic acids is 1. The van der Waals surface area contributed by atoms with Gasteiger partial charge in [0.25, 0.3) is 0 Å². The summed E-state index contributed by atoms with van der Waals surface area (Å²) in [5.41, 5.74) is 4.72. The van der Waals surface area contributed by atoms with Crippen LogP contribution in [-0.2, 0) is 15.1 Å². The lowest BCUT2D eigenvalue weighted by Crippen LogP contribution is -2.52. The first-order chi connectivity index (χ1) is 14.3. The number of aliphatic hydroxyl groups is 1. The zero-order chi connectivity index (χ0) is 22.1. The maximum Gasteiger partial charge on any atom is 0.149 e. The summed E-state index contributed by atoms with van der Waals surface area (Å²) in [6.07, 6.45) is -1.82. The van der Waals surface area contributed by atoms with Crippen LogP contribution in [0.3, 0.4) is 0 Å². The molecule has 0 radical (unpaired) electrons. The largest absolute Gasteiger partial charge is 0.547 e. The quantitative estimate of drug-likeness (QED) is 0.630. The summed E-state index contributed by atoms with van der Waals surface area (Å²) in [4.78, 5) is 11.2. The van der Waals surface area contributed by atoms with E-state index in [-0.39, 0.29) is 0 Å². The second-order valence-corrected chi connectivity index (χ2v) is 7.28. The Morgan fingerprint density at radius 2 is 1.40 bits per heavy atom. The molecule has 5 nitrogen and oxygen atoms in total. The first kappa shape index (κ1) is 23.6. The molecule has 0 aliphatic carbocycles. The Morgan fingerprint density at radius 3 is 1.73 bits per heavy atom. The minimum atomic E-state index is -1.82. The van der Waals surface area contributed by atoms with Crippen molar-refractivity contribution < 1.29 is 25.5 Å². The van der Waals surface area contributed by atoms with Crippen molar-refractivity contribution >= 4 is 17.6 Å². The Kier molecular flexibility index (Phi) is 8.57. The van der Waals surface area contributed by atoms with Crippen LogP contribution < -0.4 is 10.8 Å². The summed E-state index contributed by atoms with van der Waals surface area (Å²) < 4.78 is 5.46. The molecule has 6 heteroatoms. The summed E-state index contributed by atoms with van der Waals surface area (Å²) in [6, 6.07) is 25.6. The molecule has 3 aromatic carbocycles. The highest BCUT2D eigenvalue weighted by Crippen LogP contribution is 2.36. The van der Waals surface area contributed by atoms with E-state index in [1.165, 1.54) is 12.7 Å². The normalized spacial score (nSPS) is 13.0. The van der Waals surface area contributed by atoms with E-state index in [0.717, 1.165) is 5.02 Å². The highest BCUT2D eigenvalue weighted by Gasteiger charge is 2.42. The van der Waals surface area contributed by atoms with Crippen LogP contribution in [-0.4, -0.2) is 24.3 Å². The third-order valence-corrected chi connectivity index (χ3v) is 5.03. The van der Waals surface area contributed by atoms with Gasteiger partial charge < -0.3 is 25.5 Å². The minimum Gasteiger partial charge on any atom is -0.547 e. The average Bonchev–Trinajstić information content (AvgIpc) is 2.77. The summed E-state index contributed by atoms with van der Waals surface area (Å²) >= 11 is 5.70. The Hall–Kier alpha value is -2.70. The molecule has 0 spiro atoms. The van der Waals surface area contributed by atoms with Gasteiger partial charge in [0.2, 0.25) is 0 Å². The lowest BCUT2D eigenvalue weighted by Gasteiger charge is -2.38. The summed E-state index contributed by atoms with van der Waals surface area (Å²) in [6.45, 7) is 2.06. The number of halogens is 1. The number of quaternary nitrogens is 1. The number of hydrogen-bond acceptors (Lipinski definition) is 4. The monoisotopic (exact) mass is 427 g/mol. The van der Waals surface area contributed by atoms with Crippen LogP contribution in [0.5, 0.6) is 0 Å². The first-order valence-electron chi connectivity index (χ1n) is 9.46. The fraction of sp³-hybridized carbons (Fsp3) is 0.208. The van der Waals surface area contributed by atoms with E-state index in [9.17, 15) is 15.0 Å². The number of ether oxygens (including phenoxy) is 1. The SMILES string of the molecule is COC(c1ccccc1)(c1ccccc1)[C@H](O)C(=O)[O-].C[C@H]([NH3+])c1ccc(Cl)cc1. The molecular weight excluding hydrogens is 402 g/mol. The molecule has 0 saturated carbocycles. The zero-order valence-corrected chi connectivity index (χ0v) is 17.8. The van der Waals surface area contributed by atoms with E-state index in [0.29, 0.717) is 17.2 Å². The van der Waals surface area contributed by atoms with Gasteiger partial charge in [-0.2, -0.15) is 0 Å². The van der Waals surface area contributed by atoms with Crippen LogP contribution in [0, 0.1) is 0 Å². The number of rotatable bonds is 6. The van der Waals surface area contributed by atoms with Gasteiger partial charge in [-0.15, -0.1) is 0 Å². The Balaban J connectivity index is 0.000000269. The van der Waals surface area contributed by atoms with Crippen LogP contribution in [0.1, 0.15) is 29.7 Å². The van der Waals surface area contributed by atoms with Gasteiger partial charge in [-0.25, -0.2) is 0 Å². The summed E-state index contributed by atoms with van der Waals surface area (Å²) in [5, 5.41) is 22.1. The van der Waals surface area contributed by atoms with Crippen molar-refractivity contribution in [3.8, 4) is 0 Å². The smallest absolute Gasteiger partial charge is 0.149 e. The number of aliphatic hydroxyl groups excluding tert-OH is 1. The zero-order valence-electron chi connectivity index (χ0n) is 17.0. The lowest BCUT2D eigenvalue weighted by atomic mass is 9.81.